The van der Waals surface area contributed by atoms with E-state index in [2.05, 4.69) is 45.0 Å². The Morgan fingerprint density at radius 2 is 1.67 bits per heavy atom. The fourth-order valence-electron chi connectivity index (χ4n) is 2.30. The van der Waals surface area contributed by atoms with Crippen LogP contribution in [0.25, 0.3) is 0 Å². The predicted molar refractivity (Wildman–Crippen MR) is 69.4 cm³/mol. The monoisotopic (exact) mass is 214 g/mol. The van der Waals surface area contributed by atoms with E-state index in [1.54, 1.807) is 0 Å². The molecule has 0 amide bonds. The maximum absolute atomic E-state index is 3.58. The lowest BCUT2D eigenvalue weighted by Crippen LogP contribution is -2.43. The van der Waals surface area contributed by atoms with E-state index in [1.807, 2.05) is 0 Å². The quantitative estimate of drug-likeness (QED) is 0.635. The maximum Gasteiger partial charge on any atom is 0.0194 e. The van der Waals surface area contributed by atoms with Gasteiger partial charge in [0.05, 0.1) is 0 Å². The van der Waals surface area contributed by atoms with Crippen LogP contribution in [0.15, 0.2) is 0 Å². The summed E-state index contributed by atoms with van der Waals surface area (Å²) in [7, 11) is 2.26. The number of nitrogens with one attached hydrogen (secondary N) is 1. The molecule has 2 nitrogen and oxygen atoms in total. The first-order valence-corrected chi connectivity index (χ1v) is 6.63. The molecule has 0 aromatic rings. The summed E-state index contributed by atoms with van der Waals surface area (Å²) in [6.07, 6.45) is 5.09. The zero-order chi connectivity index (χ0) is 11.7. The first kappa shape index (κ1) is 14.9. The molecule has 0 radical (unpaired) electrons. The summed E-state index contributed by atoms with van der Waals surface area (Å²) in [5, 5.41) is 3.58. The van der Waals surface area contributed by atoms with E-state index >= 15 is 0 Å². The lowest BCUT2D eigenvalue weighted by atomic mass is 10.1. The minimum atomic E-state index is 0.672. The Morgan fingerprint density at radius 1 is 1.07 bits per heavy atom. The molecule has 0 aliphatic heterocycles. The lowest BCUT2D eigenvalue weighted by molar-refractivity contribution is 0.202. The summed E-state index contributed by atoms with van der Waals surface area (Å²) in [5.41, 5.74) is 0. The summed E-state index contributed by atoms with van der Waals surface area (Å²) in [4.78, 5) is 2.52. The average molecular weight is 214 g/mol. The van der Waals surface area contributed by atoms with Gasteiger partial charge in [-0.15, -0.1) is 0 Å². The van der Waals surface area contributed by atoms with Crippen LogP contribution >= 0.6 is 0 Å². The third-order valence-electron chi connectivity index (χ3n) is 3.20. The van der Waals surface area contributed by atoms with Crippen molar-refractivity contribution in [1.82, 2.24) is 10.2 Å². The molecule has 1 atom stereocenters. The van der Waals surface area contributed by atoms with Crippen molar-refractivity contribution in [2.75, 3.05) is 20.1 Å². The van der Waals surface area contributed by atoms with Crippen molar-refractivity contribution in [3.8, 4) is 0 Å². The van der Waals surface area contributed by atoms with Crippen molar-refractivity contribution in [2.24, 2.45) is 0 Å². The van der Waals surface area contributed by atoms with Gasteiger partial charge in [-0.05, 0) is 32.9 Å². The van der Waals surface area contributed by atoms with Gasteiger partial charge in [-0.1, -0.05) is 34.1 Å². The van der Waals surface area contributed by atoms with Crippen LogP contribution in [0, 0.1) is 0 Å². The molecule has 0 aliphatic rings. The second kappa shape index (κ2) is 9.17. The highest BCUT2D eigenvalue weighted by molar-refractivity contribution is 4.73. The van der Waals surface area contributed by atoms with Gasteiger partial charge in [0.15, 0.2) is 0 Å². The van der Waals surface area contributed by atoms with Crippen LogP contribution in [0.1, 0.15) is 53.4 Å². The van der Waals surface area contributed by atoms with Gasteiger partial charge in [0.2, 0.25) is 0 Å². The van der Waals surface area contributed by atoms with Crippen LogP contribution in [0.2, 0.25) is 0 Å². The highest BCUT2D eigenvalue weighted by Gasteiger charge is 2.14. The Bertz CT molecular complexity index is 126. The summed E-state index contributed by atoms with van der Waals surface area (Å²) in [5.74, 6) is 0. The van der Waals surface area contributed by atoms with Gasteiger partial charge in [0.1, 0.15) is 0 Å². The van der Waals surface area contributed by atoms with E-state index in [0.717, 1.165) is 12.6 Å². The van der Waals surface area contributed by atoms with Crippen molar-refractivity contribution in [3.05, 3.63) is 0 Å². The Hall–Kier alpha value is -0.0800. The molecule has 92 valence electrons. The molecule has 0 fully saturated rings. The molecule has 15 heavy (non-hydrogen) atoms. The van der Waals surface area contributed by atoms with E-state index in [1.165, 1.54) is 32.2 Å². The molecule has 0 aromatic heterocycles. The number of hydrogen-bond acceptors (Lipinski definition) is 2. The molecule has 0 rings (SSSR count). The van der Waals surface area contributed by atoms with Crippen molar-refractivity contribution in [2.45, 2.75) is 65.5 Å². The number of likely N-dealkylation sites (N-methyl/N-ethyl adjacent to an activating group) is 2. The van der Waals surface area contributed by atoms with Crippen LogP contribution in [-0.4, -0.2) is 37.1 Å². The second-order valence-electron chi connectivity index (χ2n) is 4.45. The second-order valence-corrected chi connectivity index (χ2v) is 4.45. The molecule has 0 heterocycles. The smallest absolute Gasteiger partial charge is 0.0194 e. The Labute approximate surface area is 96.4 Å². The van der Waals surface area contributed by atoms with E-state index in [4.69, 9.17) is 0 Å². The summed E-state index contributed by atoms with van der Waals surface area (Å²) in [6, 6.07) is 1.42. The number of hydrogen-bond donors (Lipinski definition) is 1. The molecule has 0 spiro atoms. The minimum absolute atomic E-state index is 0.672. The minimum Gasteiger partial charge on any atom is -0.313 e. The van der Waals surface area contributed by atoms with Gasteiger partial charge in [0.25, 0.3) is 0 Å². The molecule has 0 aromatic carbocycles. The Kier molecular flexibility index (Phi) is 9.12. The summed E-state index contributed by atoms with van der Waals surface area (Å²) >= 11 is 0. The predicted octanol–water partition coefficient (Wildman–Crippen LogP) is 2.89. The van der Waals surface area contributed by atoms with Crippen LogP contribution in [0.3, 0.4) is 0 Å². The molecule has 0 saturated carbocycles. The number of nitrogens with zero attached hydrogens (tertiary/aromatic N) is 1. The van der Waals surface area contributed by atoms with E-state index in [0.29, 0.717) is 6.04 Å². The molecular formula is C13H30N2. The maximum atomic E-state index is 3.58. The van der Waals surface area contributed by atoms with Crippen molar-refractivity contribution in [1.29, 1.82) is 0 Å². The van der Waals surface area contributed by atoms with E-state index < -0.39 is 0 Å². The van der Waals surface area contributed by atoms with Gasteiger partial charge < -0.3 is 10.2 Å². The van der Waals surface area contributed by atoms with Gasteiger partial charge in [-0.25, -0.2) is 0 Å². The summed E-state index contributed by atoms with van der Waals surface area (Å²) < 4.78 is 0. The van der Waals surface area contributed by atoms with Gasteiger partial charge in [-0.2, -0.15) is 0 Å². The zero-order valence-corrected chi connectivity index (χ0v) is 11.3. The van der Waals surface area contributed by atoms with E-state index in [-0.39, 0.29) is 0 Å². The summed E-state index contributed by atoms with van der Waals surface area (Å²) in [6.45, 7) is 11.3. The van der Waals surface area contributed by atoms with E-state index in [9.17, 15) is 0 Å². The SMILES string of the molecule is CCCC(CN(C)C(CC)CC)NCC. The molecule has 0 aliphatic carbocycles. The van der Waals surface area contributed by atoms with Crippen LogP contribution in [0.4, 0.5) is 0 Å². The van der Waals surface area contributed by atoms with Crippen molar-refractivity contribution in [3.63, 3.8) is 0 Å². The molecule has 1 unspecified atom stereocenters. The molecule has 0 bridgehead atoms. The topological polar surface area (TPSA) is 15.3 Å². The Balaban J connectivity index is 4.01. The molecule has 2 heteroatoms. The first-order valence-electron chi connectivity index (χ1n) is 6.63. The lowest BCUT2D eigenvalue weighted by Gasteiger charge is -2.30. The van der Waals surface area contributed by atoms with Gasteiger partial charge in [0, 0.05) is 18.6 Å². The third kappa shape index (κ3) is 6.16. The third-order valence-corrected chi connectivity index (χ3v) is 3.20. The normalized spacial score (nSPS) is 13.8. The van der Waals surface area contributed by atoms with Crippen LogP contribution < -0.4 is 5.32 Å². The standard InChI is InChI=1S/C13H30N2/c1-6-10-12(14-9-4)11-15(5)13(7-2)8-3/h12-14H,6-11H2,1-5H3. The van der Waals surface area contributed by atoms with Gasteiger partial charge >= 0.3 is 0 Å². The van der Waals surface area contributed by atoms with Gasteiger partial charge in [-0.3, -0.25) is 0 Å². The molecular weight excluding hydrogens is 184 g/mol. The number of rotatable bonds is 9. The van der Waals surface area contributed by atoms with Crippen LogP contribution in [0.5, 0.6) is 0 Å². The fourth-order valence-corrected chi connectivity index (χ4v) is 2.30. The van der Waals surface area contributed by atoms with Crippen molar-refractivity contribution >= 4 is 0 Å². The largest absolute Gasteiger partial charge is 0.313 e. The highest BCUT2D eigenvalue weighted by atomic mass is 15.1. The van der Waals surface area contributed by atoms with Crippen LogP contribution in [-0.2, 0) is 0 Å². The molecule has 0 saturated heterocycles. The Morgan fingerprint density at radius 3 is 2.07 bits per heavy atom. The zero-order valence-electron chi connectivity index (χ0n) is 11.3. The first-order chi connectivity index (χ1) is 7.19. The molecule has 1 N–H and O–H groups in total. The van der Waals surface area contributed by atoms with Crippen molar-refractivity contribution < 1.29 is 0 Å². The highest BCUT2D eigenvalue weighted by Crippen LogP contribution is 2.08. The fraction of sp³-hybridized carbons (Fsp3) is 1.00. The average Bonchev–Trinajstić information content (AvgIpc) is 2.20.